The van der Waals surface area contributed by atoms with E-state index in [2.05, 4.69) is 16.0 Å². The van der Waals surface area contributed by atoms with E-state index in [1.807, 2.05) is 0 Å². The second-order valence-corrected chi connectivity index (χ2v) is 5.69. The summed E-state index contributed by atoms with van der Waals surface area (Å²) < 4.78 is 24.1. The summed E-state index contributed by atoms with van der Waals surface area (Å²) >= 11 is 0. The molecule has 0 aromatic heterocycles. The van der Waals surface area contributed by atoms with E-state index in [4.69, 9.17) is 9.47 Å². The first-order valence-corrected chi connectivity index (χ1v) is 8.01. The van der Waals surface area contributed by atoms with Gasteiger partial charge in [0.25, 0.3) is 0 Å². The van der Waals surface area contributed by atoms with Crippen LogP contribution in [0.4, 0.5) is 14.9 Å². The molecular formula is C18H18FN3O4. The van der Waals surface area contributed by atoms with Crippen molar-refractivity contribution in [3.8, 4) is 11.5 Å². The highest BCUT2D eigenvalue weighted by atomic mass is 19.1. The highest BCUT2D eigenvalue weighted by molar-refractivity contribution is 6.01. The number of hydrogen-bond donors (Lipinski definition) is 3. The van der Waals surface area contributed by atoms with Crippen molar-refractivity contribution < 1.29 is 23.5 Å². The number of urea groups is 1. The van der Waals surface area contributed by atoms with E-state index < -0.39 is 11.9 Å². The summed E-state index contributed by atoms with van der Waals surface area (Å²) in [7, 11) is 0. The number of nitrogens with one attached hydrogen (secondary N) is 3. The van der Waals surface area contributed by atoms with Gasteiger partial charge in [-0.1, -0.05) is 18.2 Å². The lowest BCUT2D eigenvalue weighted by atomic mass is 10.1. The standard InChI is InChI=1S/C18H18FN3O4/c1-11(13-4-2-3-5-14(13)19)20-9-17(23)22-18(24)21-12-6-7-15-16(8-12)26-10-25-15/h2-8,11,20H,9-10H2,1H3,(H2,21,22,23,24). The Morgan fingerprint density at radius 2 is 1.92 bits per heavy atom. The third kappa shape index (κ3) is 4.28. The molecule has 0 radical (unpaired) electrons. The van der Waals surface area contributed by atoms with Crippen LogP contribution in [0, 0.1) is 5.82 Å². The molecule has 1 aliphatic heterocycles. The number of rotatable bonds is 5. The Morgan fingerprint density at radius 1 is 1.15 bits per heavy atom. The van der Waals surface area contributed by atoms with Gasteiger partial charge >= 0.3 is 6.03 Å². The normalized spacial score (nSPS) is 13.2. The molecule has 1 atom stereocenters. The predicted octanol–water partition coefficient (Wildman–Crippen LogP) is 2.55. The average molecular weight is 359 g/mol. The lowest BCUT2D eigenvalue weighted by Gasteiger charge is -2.14. The number of benzene rings is 2. The Kier molecular flexibility index (Phi) is 5.33. The molecule has 0 saturated heterocycles. The van der Waals surface area contributed by atoms with Crippen molar-refractivity contribution in [2.75, 3.05) is 18.7 Å². The molecule has 26 heavy (non-hydrogen) atoms. The molecule has 2 aromatic rings. The van der Waals surface area contributed by atoms with Crippen LogP contribution in [0.15, 0.2) is 42.5 Å². The van der Waals surface area contributed by atoms with E-state index in [-0.39, 0.29) is 25.2 Å². The van der Waals surface area contributed by atoms with Crippen LogP contribution in [0.2, 0.25) is 0 Å². The van der Waals surface area contributed by atoms with Crippen LogP contribution in [0.25, 0.3) is 0 Å². The fraction of sp³-hybridized carbons (Fsp3) is 0.222. The van der Waals surface area contributed by atoms with E-state index >= 15 is 0 Å². The predicted molar refractivity (Wildman–Crippen MR) is 92.5 cm³/mol. The van der Waals surface area contributed by atoms with Gasteiger partial charge in [-0.05, 0) is 25.1 Å². The van der Waals surface area contributed by atoms with E-state index in [0.717, 1.165) is 0 Å². The number of hydrogen-bond acceptors (Lipinski definition) is 5. The molecule has 0 spiro atoms. The molecule has 1 aliphatic rings. The minimum Gasteiger partial charge on any atom is -0.454 e. The SMILES string of the molecule is CC(NCC(=O)NC(=O)Nc1ccc2c(c1)OCO2)c1ccccc1F. The fourth-order valence-corrected chi connectivity index (χ4v) is 2.49. The summed E-state index contributed by atoms with van der Waals surface area (Å²) in [5.74, 6) is 0.229. The lowest BCUT2D eigenvalue weighted by molar-refractivity contribution is -0.119. The first-order chi connectivity index (χ1) is 12.5. The molecule has 3 rings (SSSR count). The van der Waals surface area contributed by atoms with Gasteiger partial charge in [-0.25, -0.2) is 9.18 Å². The van der Waals surface area contributed by atoms with E-state index in [1.54, 1.807) is 43.3 Å². The second-order valence-electron chi connectivity index (χ2n) is 5.69. The molecule has 3 amide bonds. The highest BCUT2D eigenvalue weighted by Gasteiger charge is 2.16. The summed E-state index contributed by atoms with van der Waals surface area (Å²) in [6.07, 6.45) is 0. The van der Waals surface area contributed by atoms with Gasteiger partial charge in [-0.2, -0.15) is 0 Å². The van der Waals surface area contributed by atoms with Gasteiger partial charge in [-0.3, -0.25) is 10.1 Å². The molecule has 0 bridgehead atoms. The van der Waals surface area contributed by atoms with E-state index in [1.165, 1.54) is 6.07 Å². The number of fused-ring (bicyclic) bond motifs is 1. The lowest BCUT2D eigenvalue weighted by Crippen LogP contribution is -2.40. The summed E-state index contributed by atoms with van der Waals surface area (Å²) in [6.45, 7) is 1.73. The van der Waals surface area contributed by atoms with Crippen LogP contribution in [-0.2, 0) is 4.79 Å². The van der Waals surface area contributed by atoms with Gasteiger partial charge in [0, 0.05) is 23.4 Å². The minimum atomic E-state index is -0.672. The van der Waals surface area contributed by atoms with Crippen molar-refractivity contribution in [2.45, 2.75) is 13.0 Å². The molecule has 8 heteroatoms. The zero-order chi connectivity index (χ0) is 18.5. The summed E-state index contributed by atoms with van der Waals surface area (Å²) in [4.78, 5) is 23.8. The molecule has 136 valence electrons. The van der Waals surface area contributed by atoms with Crippen LogP contribution in [0.3, 0.4) is 0 Å². The Morgan fingerprint density at radius 3 is 2.73 bits per heavy atom. The Bertz CT molecular complexity index is 828. The number of halogens is 1. The van der Waals surface area contributed by atoms with Gasteiger partial charge in [0.15, 0.2) is 11.5 Å². The molecule has 0 aliphatic carbocycles. The molecule has 2 aromatic carbocycles. The maximum Gasteiger partial charge on any atom is 0.325 e. The van der Waals surface area contributed by atoms with Crippen molar-refractivity contribution in [3.63, 3.8) is 0 Å². The molecule has 0 fully saturated rings. The summed E-state index contributed by atoms with van der Waals surface area (Å²) in [5.41, 5.74) is 0.914. The number of carbonyl (C=O) groups is 2. The molecule has 7 nitrogen and oxygen atoms in total. The van der Waals surface area contributed by atoms with Crippen LogP contribution in [-0.4, -0.2) is 25.3 Å². The van der Waals surface area contributed by atoms with Gasteiger partial charge in [0.05, 0.1) is 6.54 Å². The van der Waals surface area contributed by atoms with Crippen LogP contribution < -0.4 is 25.4 Å². The quantitative estimate of drug-likeness (QED) is 0.764. The molecule has 1 heterocycles. The number of amides is 3. The molecular weight excluding hydrogens is 341 g/mol. The third-order valence-corrected chi connectivity index (χ3v) is 3.82. The van der Waals surface area contributed by atoms with Crippen molar-refractivity contribution in [2.24, 2.45) is 0 Å². The van der Waals surface area contributed by atoms with Crippen LogP contribution in [0.5, 0.6) is 11.5 Å². The highest BCUT2D eigenvalue weighted by Crippen LogP contribution is 2.34. The fourth-order valence-electron chi connectivity index (χ4n) is 2.49. The summed E-state index contributed by atoms with van der Waals surface area (Å²) in [5, 5.41) is 7.61. The third-order valence-electron chi connectivity index (χ3n) is 3.82. The summed E-state index contributed by atoms with van der Waals surface area (Å²) in [6, 6.07) is 10.2. The zero-order valence-electron chi connectivity index (χ0n) is 14.0. The Hall–Kier alpha value is -3.13. The average Bonchev–Trinajstić information content (AvgIpc) is 3.07. The van der Waals surface area contributed by atoms with Gasteiger partial charge < -0.3 is 20.1 Å². The monoisotopic (exact) mass is 359 g/mol. The topological polar surface area (TPSA) is 88.7 Å². The number of ether oxygens (including phenoxy) is 2. The Labute approximate surface area is 149 Å². The van der Waals surface area contributed by atoms with Gasteiger partial charge in [-0.15, -0.1) is 0 Å². The second kappa shape index (κ2) is 7.83. The number of carbonyl (C=O) groups excluding carboxylic acids is 2. The van der Waals surface area contributed by atoms with Crippen molar-refractivity contribution in [3.05, 3.63) is 53.8 Å². The van der Waals surface area contributed by atoms with Crippen molar-refractivity contribution in [1.82, 2.24) is 10.6 Å². The first-order valence-electron chi connectivity index (χ1n) is 8.01. The van der Waals surface area contributed by atoms with E-state index in [9.17, 15) is 14.0 Å². The zero-order valence-corrected chi connectivity index (χ0v) is 14.0. The largest absolute Gasteiger partial charge is 0.454 e. The van der Waals surface area contributed by atoms with E-state index in [0.29, 0.717) is 22.7 Å². The number of anilines is 1. The molecule has 1 unspecified atom stereocenters. The van der Waals surface area contributed by atoms with Gasteiger partial charge in [0.1, 0.15) is 5.82 Å². The first kappa shape index (κ1) is 17.7. The molecule has 3 N–H and O–H groups in total. The minimum absolute atomic E-state index is 0.134. The van der Waals surface area contributed by atoms with Crippen LogP contribution >= 0.6 is 0 Å². The Balaban J connectivity index is 1.47. The smallest absolute Gasteiger partial charge is 0.325 e. The maximum atomic E-state index is 13.7. The van der Waals surface area contributed by atoms with Crippen molar-refractivity contribution >= 4 is 17.6 Å². The van der Waals surface area contributed by atoms with Crippen LogP contribution in [0.1, 0.15) is 18.5 Å². The van der Waals surface area contributed by atoms with Crippen molar-refractivity contribution in [1.29, 1.82) is 0 Å². The maximum absolute atomic E-state index is 13.7. The molecule has 0 saturated carbocycles. The van der Waals surface area contributed by atoms with Gasteiger partial charge in [0.2, 0.25) is 12.7 Å². The number of imide groups is 1.